The number of hydrogen-bond acceptors (Lipinski definition) is 2. The van der Waals surface area contributed by atoms with Gasteiger partial charge in [0.25, 0.3) is 0 Å². The molecule has 1 nitrogen and oxygen atoms in total. The van der Waals surface area contributed by atoms with Crippen molar-refractivity contribution in [2.45, 2.75) is 0 Å². The Hall–Kier alpha value is -3.92. The van der Waals surface area contributed by atoms with Crippen LogP contribution in [0, 0.1) is 0 Å². The maximum absolute atomic E-state index is 2.45. The Morgan fingerprint density at radius 1 is 0.457 bits per heavy atom. The summed E-state index contributed by atoms with van der Waals surface area (Å²) in [7, 11) is 0. The van der Waals surface area contributed by atoms with E-state index in [0.29, 0.717) is 0 Å². The van der Waals surface area contributed by atoms with Gasteiger partial charge in [-0.3, -0.25) is 0 Å². The lowest BCUT2D eigenvalue weighted by Gasteiger charge is -2.12. The Bertz CT molecular complexity index is 2330. The summed E-state index contributed by atoms with van der Waals surface area (Å²) < 4.78 is 7.85. The van der Waals surface area contributed by atoms with Crippen LogP contribution in [0.1, 0.15) is 0 Å². The van der Waals surface area contributed by atoms with Crippen LogP contribution in [0.4, 0.5) is 0 Å². The fraction of sp³-hybridized carbons (Fsp3) is 0. The van der Waals surface area contributed by atoms with Crippen LogP contribution in [0.2, 0.25) is 0 Å². The molecule has 3 heteroatoms. The molecule has 0 spiro atoms. The Morgan fingerprint density at radius 3 is 2.06 bits per heavy atom. The molecule has 0 aliphatic carbocycles. The Kier molecular flexibility index (Phi) is 3.36. The first-order valence-corrected chi connectivity index (χ1v) is 13.5. The largest absolute Gasteiger partial charge is 0.315 e. The minimum Gasteiger partial charge on any atom is -0.315 e. The van der Waals surface area contributed by atoms with Crippen molar-refractivity contribution < 1.29 is 0 Å². The molecule has 0 N–H and O–H groups in total. The molecule has 0 radical (unpaired) electrons. The van der Waals surface area contributed by atoms with Gasteiger partial charge in [0, 0.05) is 73.5 Å². The van der Waals surface area contributed by atoms with E-state index in [2.05, 4.69) is 108 Å². The zero-order valence-electron chi connectivity index (χ0n) is 18.6. The summed E-state index contributed by atoms with van der Waals surface area (Å²) in [6.07, 6.45) is 2.32. The second kappa shape index (κ2) is 6.39. The number of aromatic nitrogens is 1. The van der Waals surface area contributed by atoms with E-state index >= 15 is 0 Å². The molecule has 0 fully saturated rings. The second-order valence-corrected chi connectivity index (χ2v) is 11.5. The molecule has 5 aromatic carbocycles. The van der Waals surface area contributed by atoms with Crippen molar-refractivity contribution >= 4 is 101 Å². The molecule has 0 bridgehead atoms. The summed E-state index contributed by atoms with van der Waals surface area (Å²) in [5, 5.41) is 12.1. The van der Waals surface area contributed by atoms with Crippen LogP contribution >= 0.6 is 22.7 Å². The van der Waals surface area contributed by atoms with Crippen molar-refractivity contribution in [2.24, 2.45) is 0 Å². The van der Waals surface area contributed by atoms with Crippen molar-refractivity contribution in [1.29, 1.82) is 0 Å². The topological polar surface area (TPSA) is 4.41 Å². The molecule has 162 valence electrons. The van der Waals surface area contributed by atoms with E-state index in [-0.39, 0.29) is 0 Å². The van der Waals surface area contributed by atoms with Crippen LogP contribution in [-0.4, -0.2) is 4.40 Å². The molecular formula is C32H17NS2. The van der Waals surface area contributed by atoms with Gasteiger partial charge in [-0.25, -0.2) is 0 Å². The minimum absolute atomic E-state index is 1.28. The van der Waals surface area contributed by atoms with E-state index in [1.807, 2.05) is 22.7 Å². The first kappa shape index (κ1) is 18.4. The van der Waals surface area contributed by atoms with Crippen molar-refractivity contribution in [3.05, 3.63) is 103 Å². The van der Waals surface area contributed by atoms with Crippen molar-refractivity contribution in [1.82, 2.24) is 4.40 Å². The Labute approximate surface area is 208 Å². The first-order chi connectivity index (χ1) is 17.3. The minimum atomic E-state index is 1.28. The number of benzene rings is 5. The van der Waals surface area contributed by atoms with E-state index in [0.717, 1.165) is 0 Å². The smallest absolute Gasteiger partial charge is 0.0613 e. The second-order valence-electron chi connectivity index (χ2n) is 9.36. The van der Waals surface area contributed by atoms with Gasteiger partial charge < -0.3 is 4.40 Å². The van der Waals surface area contributed by atoms with Gasteiger partial charge in [0.05, 0.1) is 11.0 Å². The van der Waals surface area contributed by atoms with Crippen LogP contribution in [0.15, 0.2) is 103 Å². The van der Waals surface area contributed by atoms with Gasteiger partial charge in [-0.15, -0.1) is 22.7 Å². The van der Waals surface area contributed by atoms with Gasteiger partial charge in [-0.2, -0.15) is 0 Å². The van der Waals surface area contributed by atoms with E-state index in [1.165, 1.54) is 78.3 Å². The third-order valence-electron chi connectivity index (χ3n) is 7.55. The molecule has 0 saturated carbocycles. The molecular weight excluding hydrogens is 462 g/mol. The Balaban J connectivity index is 1.66. The standard InChI is InChI=1S/C32H17NS2/c1-2-8-19-18(7-1)17-33-25-15-23-20-9-3-5-11-26(20)35-29(23)16-24(25)30-22(32(19)33)13-14-28-31(30)21-10-4-6-12-27(21)34-28/h1-17H. The fourth-order valence-corrected chi connectivity index (χ4v) is 8.32. The van der Waals surface area contributed by atoms with Gasteiger partial charge >= 0.3 is 0 Å². The maximum Gasteiger partial charge on any atom is 0.0613 e. The third-order valence-corrected chi connectivity index (χ3v) is 9.82. The van der Waals surface area contributed by atoms with Crippen molar-refractivity contribution in [3.63, 3.8) is 0 Å². The molecule has 35 heavy (non-hydrogen) atoms. The highest BCUT2D eigenvalue weighted by Gasteiger charge is 2.18. The fourth-order valence-electron chi connectivity index (χ4n) is 6.08. The van der Waals surface area contributed by atoms with E-state index in [9.17, 15) is 0 Å². The molecule has 9 aromatic rings. The van der Waals surface area contributed by atoms with Gasteiger partial charge in [-0.1, -0.05) is 66.7 Å². The summed E-state index contributed by atoms with van der Waals surface area (Å²) >= 11 is 3.80. The van der Waals surface area contributed by atoms with Crippen molar-refractivity contribution in [3.8, 4) is 0 Å². The third kappa shape index (κ3) is 2.28. The number of thiophene rings is 2. The van der Waals surface area contributed by atoms with Gasteiger partial charge in [0.15, 0.2) is 0 Å². The van der Waals surface area contributed by atoms with Crippen molar-refractivity contribution in [2.75, 3.05) is 0 Å². The number of nitrogens with zero attached hydrogens (tertiary/aromatic N) is 1. The highest BCUT2D eigenvalue weighted by atomic mass is 32.1. The van der Waals surface area contributed by atoms with Gasteiger partial charge in [0.1, 0.15) is 0 Å². The highest BCUT2D eigenvalue weighted by molar-refractivity contribution is 7.26. The van der Waals surface area contributed by atoms with Crippen LogP contribution in [0.25, 0.3) is 78.3 Å². The van der Waals surface area contributed by atoms with E-state index in [4.69, 9.17) is 0 Å². The Morgan fingerprint density at radius 2 is 1.17 bits per heavy atom. The monoisotopic (exact) mass is 479 g/mol. The summed E-state index contributed by atoms with van der Waals surface area (Å²) in [5.41, 5.74) is 2.58. The zero-order chi connectivity index (χ0) is 22.7. The summed E-state index contributed by atoms with van der Waals surface area (Å²) in [6, 6.07) is 36.0. The van der Waals surface area contributed by atoms with E-state index in [1.54, 1.807) is 0 Å². The molecule has 0 aliphatic heterocycles. The number of hydrogen-bond donors (Lipinski definition) is 0. The SMILES string of the molecule is c1ccc2c(c1)cn1c3cc4c(cc3c3c(ccc5sc6ccccc6c53)c21)sc1ccccc14. The average molecular weight is 480 g/mol. The molecule has 4 heterocycles. The van der Waals surface area contributed by atoms with Gasteiger partial charge in [-0.05, 0) is 30.3 Å². The summed E-state index contributed by atoms with van der Waals surface area (Å²) in [4.78, 5) is 0. The molecule has 0 unspecified atom stereocenters. The lowest BCUT2D eigenvalue weighted by molar-refractivity contribution is 1.30. The lowest BCUT2D eigenvalue weighted by Crippen LogP contribution is -1.90. The zero-order valence-corrected chi connectivity index (χ0v) is 20.2. The first-order valence-electron chi connectivity index (χ1n) is 11.9. The maximum atomic E-state index is 2.45. The molecule has 4 aromatic heterocycles. The lowest BCUT2D eigenvalue weighted by atomic mass is 9.97. The molecule has 9 rings (SSSR count). The highest BCUT2D eigenvalue weighted by Crippen LogP contribution is 2.46. The van der Waals surface area contributed by atoms with Crippen LogP contribution < -0.4 is 0 Å². The number of fused-ring (bicyclic) bond motifs is 15. The average Bonchev–Trinajstić information content (AvgIpc) is 3.58. The van der Waals surface area contributed by atoms with Crippen LogP contribution in [-0.2, 0) is 0 Å². The van der Waals surface area contributed by atoms with Crippen LogP contribution in [0.3, 0.4) is 0 Å². The normalized spacial score (nSPS) is 12.6. The quantitative estimate of drug-likeness (QED) is 0.191. The van der Waals surface area contributed by atoms with Crippen LogP contribution in [0.5, 0.6) is 0 Å². The molecule has 0 saturated heterocycles. The van der Waals surface area contributed by atoms with Gasteiger partial charge in [0.2, 0.25) is 0 Å². The summed E-state index contributed by atoms with van der Waals surface area (Å²) in [5.74, 6) is 0. The number of pyridine rings is 1. The molecule has 0 atom stereocenters. The van der Waals surface area contributed by atoms with E-state index < -0.39 is 0 Å². The number of rotatable bonds is 0. The predicted molar refractivity (Wildman–Crippen MR) is 156 cm³/mol. The molecule has 0 amide bonds. The predicted octanol–water partition coefficient (Wildman–Crippen LogP) is 10.1. The summed E-state index contributed by atoms with van der Waals surface area (Å²) in [6.45, 7) is 0. The molecule has 0 aliphatic rings.